The quantitative estimate of drug-likeness (QED) is 0.661. The first-order valence-corrected chi connectivity index (χ1v) is 5.46. The van der Waals surface area contributed by atoms with Crippen molar-refractivity contribution >= 4 is 6.09 Å². The van der Waals surface area contributed by atoms with Crippen LogP contribution in [0.4, 0.5) is 4.79 Å². The van der Waals surface area contributed by atoms with Crippen LogP contribution in [0.25, 0.3) is 0 Å². The molecule has 4 nitrogen and oxygen atoms in total. The van der Waals surface area contributed by atoms with E-state index in [-0.39, 0.29) is 6.04 Å². The van der Waals surface area contributed by atoms with Gasteiger partial charge in [0.25, 0.3) is 0 Å². The minimum atomic E-state index is -0.769. The smallest absolute Gasteiger partial charge is 0.407 e. The summed E-state index contributed by atoms with van der Waals surface area (Å²) in [7, 11) is 0. The van der Waals surface area contributed by atoms with Gasteiger partial charge in [0.15, 0.2) is 0 Å². The van der Waals surface area contributed by atoms with Gasteiger partial charge in [0.2, 0.25) is 0 Å². The lowest BCUT2D eigenvalue weighted by atomic mass is 10.2. The molecular formula is C10H20N2O2. The molecule has 14 heavy (non-hydrogen) atoms. The summed E-state index contributed by atoms with van der Waals surface area (Å²) >= 11 is 0. The first-order chi connectivity index (χ1) is 6.75. The van der Waals surface area contributed by atoms with Crippen molar-refractivity contribution in [2.24, 2.45) is 0 Å². The number of carbonyl (C=O) groups is 1. The van der Waals surface area contributed by atoms with Gasteiger partial charge in [-0.25, -0.2) is 4.79 Å². The van der Waals surface area contributed by atoms with Crippen LogP contribution in [0.3, 0.4) is 0 Å². The van der Waals surface area contributed by atoms with Gasteiger partial charge in [-0.2, -0.15) is 0 Å². The lowest BCUT2D eigenvalue weighted by Gasteiger charge is -2.25. The number of unbranched alkanes of at least 4 members (excludes halogenated alkanes) is 2. The Labute approximate surface area is 85.3 Å². The Morgan fingerprint density at radius 3 is 2.86 bits per heavy atom. The van der Waals surface area contributed by atoms with E-state index in [9.17, 15) is 4.79 Å². The summed E-state index contributed by atoms with van der Waals surface area (Å²) in [6.07, 6.45) is 3.42. The van der Waals surface area contributed by atoms with Crippen molar-refractivity contribution in [2.75, 3.05) is 19.6 Å². The number of carboxylic acid groups (broad SMARTS) is 1. The average molecular weight is 200 g/mol. The third kappa shape index (κ3) is 3.18. The van der Waals surface area contributed by atoms with Gasteiger partial charge >= 0.3 is 6.09 Å². The number of hydrogen-bond donors (Lipinski definition) is 2. The van der Waals surface area contributed by atoms with Gasteiger partial charge in [0.1, 0.15) is 0 Å². The lowest BCUT2D eigenvalue weighted by molar-refractivity contribution is 0.127. The molecule has 1 amide bonds. The van der Waals surface area contributed by atoms with E-state index in [1.807, 2.05) is 0 Å². The van der Waals surface area contributed by atoms with Crippen LogP contribution in [-0.2, 0) is 0 Å². The molecule has 1 unspecified atom stereocenters. The fourth-order valence-electron chi connectivity index (χ4n) is 1.87. The Morgan fingerprint density at radius 1 is 1.57 bits per heavy atom. The Morgan fingerprint density at radius 2 is 2.36 bits per heavy atom. The van der Waals surface area contributed by atoms with Crippen molar-refractivity contribution < 1.29 is 9.90 Å². The highest BCUT2D eigenvalue weighted by atomic mass is 16.4. The summed E-state index contributed by atoms with van der Waals surface area (Å²) in [5, 5.41) is 12.2. The maximum absolute atomic E-state index is 11.0. The molecule has 0 aromatic heterocycles. The fraction of sp³-hybridized carbons (Fsp3) is 0.900. The fourth-order valence-corrected chi connectivity index (χ4v) is 1.87. The number of nitrogens with one attached hydrogen (secondary N) is 1. The third-order valence-corrected chi connectivity index (χ3v) is 2.72. The van der Waals surface area contributed by atoms with Crippen molar-refractivity contribution in [3.05, 3.63) is 0 Å². The SMILES string of the molecule is CCCCCN(C(=O)O)C1CCNC1. The van der Waals surface area contributed by atoms with Crippen LogP contribution in [0, 0.1) is 0 Å². The van der Waals surface area contributed by atoms with E-state index >= 15 is 0 Å². The van der Waals surface area contributed by atoms with Crippen LogP contribution in [0.5, 0.6) is 0 Å². The van der Waals surface area contributed by atoms with E-state index in [2.05, 4.69) is 12.2 Å². The zero-order chi connectivity index (χ0) is 10.4. The van der Waals surface area contributed by atoms with Crippen molar-refractivity contribution in [3.8, 4) is 0 Å². The minimum absolute atomic E-state index is 0.198. The third-order valence-electron chi connectivity index (χ3n) is 2.72. The van der Waals surface area contributed by atoms with Gasteiger partial charge < -0.3 is 15.3 Å². The van der Waals surface area contributed by atoms with E-state index in [0.717, 1.165) is 38.8 Å². The molecule has 0 aliphatic carbocycles. The largest absolute Gasteiger partial charge is 0.465 e. The lowest BCUT2D eigenvalue weighted by Crippen LogP contribution is -2.41. The molecule has 0 radical (unpaired) electrons. The second-order valence-electron chi connectivity index (χ2n) is 3.83. The number of amides is 1. The monoisotopic (exact) mass is 200 g/mol. The molecule has 1 saturated heterocycles. The van der Waals surface area contributed by atoms with E-state index in [0.29, 0.717) is 6.54 Å². The van der Waals surface area contributed by atoms with Crippen molar-refractivity contribution in [3.63, 3.8) is 0 Å². The van der Waals surface area contributed by atoms with Gasteiger partial charge in [-0.3, -0.25) is 0 Å². The highest BCUT2D eigenvalue weighted by Crippen LogP contribution is 2.10. The predicted molar refractivity (Wildman–Crippen MR) is 55.5 cm³/mol. The van der Waals surface area contributed by atoms with Gasteiger partial charge in [0.05, 0.1) is 0 Å². The molecular weight excluding hydrogens is 180 g/mol. The highest BCUT2D eigenvalue weighted by molar-refractivity contribution is 5.65. The standard InChI is InChI=1S/C10H20N2O2/c1-2-3-4-7-12(10(13)14)9-5-6-11-8-9/h9,11H,2-8H2,1H3,(H,13,14). The van der Waals surface area contributed by atoms with Crippen LogP contribution in [-0.4, -0.2) is 41.8 Å². The van der Waals surface area contributed by atoms with Gasteiger partial charge in [-0.05, 0) is 19.4 Å². The first kappa shape index (κ1) is 11.3. The first-order valence-electron chi connectivity index (χ1n) is 5.46. The average Bonchev–Trinajstić information content (AvgIpc) is 2.64. The molecule has 0 saturated carbocycles. The minimum Gasteiger partial charge on any atom is -0.465 e. The van der Waals surface area contributed by atoms with Crippen LogP contribution in [0.1, 0.15) is 32.6 Å². The summed E-state index contributed by atoms with van der Waals surface area (Å²) in [5.74, 6) is 0. The van der Waals surface area contributed by atoms with Gasteiger partial charge in [0, 0.05) is 19.1 Å². The molecule has 0 spiro atoms. The normalized spacial score (nSPS) is 21.1. The molecule has 1 heterocycles. The molecule has 1 atom stereocenters. The van der Waals surface area contributed by atoms with Crippen LogP contribution in [0.2, 0.25) is 0 Å². The summed E-state index contributed by atoms with van der Waals surface area (Å²) in [6.45, 7) is 4.58. The Balaban J connectivity index is 2.34. The molecule has 1 rings (SSSR count). The number of nitrogens with zero attached hydrogens (tertiary/aromatic N) is 1. The van der Waals surface area contributed by atoms with Crippen molar-refractivity contribution in [1.82, 2.24) is 10.2 Å². The van der Waals surface area contributed by atoms with Crippen molar-refractivity contribution in [2.45, 2.75) is 38.6 Å². The number of hydrogen-bond acceptors (Lipinski definition) is 2. The molecule has 0 bridgehead atoms. The second kappa shape index (κ2) is 5.86. The van der Waals surface area contributed by atoms with E-state index in [4.69, 9.17) is 5.11 Å². The topological polar surface area (TPSA) is 52.6 Å². The molecule has 1 fully saturated rings. The zero-order valence-corrected chi connectivity index (χ0v) is 8.83. The maximum atomic E-state index is 11.0. The summed E-state index contributed by atoms with van der Waals surface area (Å²) in [4.78, 5) is 12.6. The van der Waals surface area contributed by atoms with Gasteiger partial charge in [-0.15, -0.1) is 0 Å². The molecule has 2 N–H and O–H groups in total. The molecule has 0 aromatic carbocycles. The summed E-state index contributed by atoms with van der Waals surface area (Å²) in [6, 6.07) is 0.198. The van der Waals surface area contributed by atoms with E-state index < -0.39 is 6.09 Å². The van der Waals surface area contributed by atoms with Gasteiger partial charge in [-0.1, -0.05) is 19.8 Å². The van der Waals surface area contributed by atoms with Crippen LogP contribution >= 0.6 is 0 Å². The molecule has 82 valence electrons. The predicted octanol–water partition coefficient (Wildman–Crippen LogP) is 1.52. The molecule has 4 heteroatoms. The van der Waals surface area contributed by atoms with Crippen LogP contribution in [0.15, 0.2) is 0 Å². The Kier molecular flexibility index (Phi) is 4.73. The summed E-state index contributed by atoms with van der Waals surface area (Å²) in [5.41, 5.74) is 0. The zero-order valence-electron chi connectivity index (χ0n) is 8.83. The van der Waals surface area contributed by atoms with E-state index in [1.165, 1.54) is 0 Å². The molecule has 1 aliphatic heterocycles. The Bertz CT molecular complexity index is 179. The summed E-state index contributed by atoms with van der Waals surface area (Å²) < 4.78 is 0. The van der Waals surface area contributed by atoms with Crippen molar-refractivity contribution in [1.29, 1.82) is 0 Å². The Hall–Kier alpha value is -0.770. The molecule has 0 aromatic rings. The van der Waals surface area contributed by atoms with E-state index in [1.54, 1.807) is 4.90 Å². The van der Waals surface area contributed by atoms with Crippen LogP contribution < -0.4 is 5.32 Å². The maximum Gasteiger partial charge on any atom is 0.407 e. The molecule has 1 aliphatic rings. The second-order valence-corrected chi connectivity index (χ2v) is 3.83. The number of rotatable bonds is 5. The highest BCUT2D eigenvalue weighted by Gasteiger charge is 2.25.